The van der Waals surface area contributed by atoms with Crippen molar-refractivity contribution in [3.8, 4) is 0 Å². The van der Waals surface area contributed by atoms with E-state index < -0.39 is 0 Å². The lowest BCUT2D eigenvalue weighted by Crippen LogP contribution is -2.15. The Labute approximate surface area is 79.0 Å². The molecule has 1 heteroatoms. The number of rotatable bonds is 1. The largest absolute Gasteiger partial charge is 0.366 e. The van der Waals surface area contributed by atoms with E-state index in [2.05, 4.69) is 31.2 Å². The molecule has 0 amide bonds. The van der Waals surface area contributed by atoms with E-state index in [-0.39, 0.29) is 6.10 Å². The molecule has 2 rings (SSSR count). The topological polar surface area (TPSA) is 9.23 Å². The van der Waals surface area contributed by atoms with E-state index in [0.29, 0.717) is 6.10 Å². The van der Waals surface area contributed by atoms with E-state index in [9.17, 15) is 0 Å². The van der Waals surface area contributed by atoms with Crippen LogP contribution in [0.15, 0.2) is 42.5 Å². The lowest BCUT2D eigenvalue weighted by atomic mass is 10.1. The minimum atomic E-state index is 0.157. The Kier molecular flexibility index (Phi) is 2.46. The molecular formula is C12H14O. The third kappa shape index (κ3) is 1.99. The number of hydrogen-bond donors (Lipinski definition) is 0. The quantitative estimate of drug-likeness (QED) is 0.594. The van der Waals surface area contributed by atoms with Crippen LogP contribution in [0, 0.1) is 0 Å². The van der Waals surface area contributed by atoms with Crippen LogP contribution >= 0.6 is 0 Å². The van der Waals surface area contributed by atoms with Gasteiger partial charge in [-0.05, 0) is 18.9 Å². The van der Waals surface area contributed by atoms with Crippen molar-refractivity contribution in [3.05, 3.63) is 48.0 Å². The van der Waals surface area contributed by atoms with Crippen LogP contribution in [0.4, 0.5) is 0 Å². The second-order valence-electron chi connectivity index (χ2n) is 3.44. The fraction of sp³-hybridized carbons (Fsp3) is 0.333. The third-order valence-electron chi connectivity index (χ3n) is 2.29. The van der Waals surface area contributed by atoms with E-state index in [1.54, 1.807) is 0 Å². The van der Waals surface area contributed by atoms with Crippen LogP contribution < -0.4 is 0 Å². The van der Waals surface area contributed by atoms with Crippen molar-refractivity contribution in [2.45, 2.75) is 25.6 Å². The molecule has 0 bridgehead atoms. The third-order valence-corrected chi connectivity index (χ3v) is 2.29. The predicted octanol–water partition coefficient (Wildman–Crippen LogP) is 3.09. The van der Waals surface area contributed by atoms with Crippen molar-refractivity contribution in [1.29, 1.82) is 0 Å². The Morgan fingerprint density at radius 3 is 2.69 bits per heavy atom. The highest BCUT2D eigenvalue weighted by Crippen LogP contribution is 2.25. The summed E-state index contributed by atoms with van der Waals surface area (Å²) in [6, 6.07) is 10.3. The summed E-state index contributed by atoms with van der Waals surface area (Å²) < 4.78 is 5.79. The van der Waals surface area contributed by atoms with Gasteiger partial charge in [-0.15, -0.1) is 0 Å². The summed E-state index contributed by atoms with van der Waals surface area (Å²) in [5.41, 5.74) is 1.24. The molecule has 0 spiro atoms. The van der Waals surface area contributed by atoms with Crippen LogP contribution in [0.1, 0.15) is 25.0 Å². The minimum Gasteiger partial charge on any atom is -0.366 e. The van der Waals surface area contributed by atoms with E-state index in [4.69, 9.17) is 4.74 Å². The Morgan fingerprint density at radius 2 is 2.00 bits per heavy atom. The maximum Gasteiger partial charge on any atom is 0.101 e. The zero-order chi connectivity index (χ0) is 9.10. The minimum absolute atomic E-state index is 0.157. The van der Waals surface area contributed by atoms with Crippen molar-refractivity contribution in [2.24, 2.45) is 0 Å². The van der Waals surface area contributed by atoms with Gasteiger partial charge >= 0.3 is 0 Å². The Morgan fingerprint density at radius 1 is 1.23 bits per heavy atom. The summed E-state index contributed by atoms with van der Waals surface area (Å²) in [6.45, 7) is 2.11. The van der Waals surface area contributed by atoms with Gasteiger partial charge in [0, 0.05) is 0 Å². The highest BCUT2D eigenvalue weighted by Gasteiger charge is 2.15. The molecule has 1 aromatic rings. The van der Waals surface area contributed by atoms with E-state index >= 15 is 0 Å². The first-order valence-corrected chi connectivity index (χ1v) is 4.73. The van der Waals surface area contributed by atoms with Crippen LogP contribution in [0.5, 0.6) is 0 Å². The molecule has 1 aliphatic rings. The molecule has 0 aliphatic carbocycles. The maximum atomic E-state index is 5.79. The number of benzene rings is 1. The fourth-order valence-corrected chi connectivity index (χ4v) is 1.58. The highest BCUT2D eigenvalue weighted by atomic mass is 16.5. The smallest absolute Gasteiger partial charge is 0.101 e. The van der Waals surface area contributed by atoms with Gasteiger partial charge in [-0.3, -0.25) is 0 Å². The summed E-state index contributed by atoms with van der Waals surface area (Å²) in [5, 5.41) is 0. The van der Waals surface area contributed by atoms with Crippen molar-refractivity contribution in [1.82, 2.24) is 0 Å². The van der Waals surface area contributed by atoms with Gasteiger partial charge in [0.15, 0.2) is 0 Å². The predicted molar refractivity (Wildman–Crippen MR) is 53.5 cm³/mol. The van der Waals surface area contributed by atoms with Crippen molar-refractivity contribution >= 4 is 0 Å². The molecule has 0 saturated carbocycles. The molecule has 68 valence electrons. The van der Waals surface area contributed by atoms with Crippen LogP contribution in [0.2, 0.25) is 0 Å². The van der Waals surface area contributed by atoms with Gasteiger partial charge in [0.2, 0.25) is 0 Å². The zero-order valence-corrected chi connectivity index (χ0v) is 7.81. The molecule has 13 heavy (non-hydrogen) atoms. The second-order valence-corrected chi connectivity index (χ2v) is 3.44. The molecular weight excluding hydrogens is 160 g/mol. The van der Waals surface area contributed by atoms with Crippen LogP contribution in [-0.4, -0.2) is 6.10 Å². The molecule has 0 fully saturated rings. The lowest BCUT2D eigenvalue weighted by Gasteiger charge is -2.23. The van der Waals surface area contributed by atoms with Crippen LogP contribution in [0.25, 0.3) is 0 Å². The molecule has 1 nitrogen and oxygen atoms in total. The SMILES string of the molecule is CC1CC=CC(c2ccccc2)O1. The molecule has 0 radical (unpaired) electrons. The van der Waals surface area contributed by atoms with Gasteiger partial charge in [-0.1, -0.05) is 42.5 Å². The summed E-state index contributed by atoms with van der Waals surface area (Å²) in [6.07, 6.45) is 5.87. The second kappa shape index (κ2) is 3.75. The molecule has 1 heterocycles. The molecule has 0 saturated heterocycles. The Bertz CT molecular complexity index is 289. The first-order chi connectivity index (χ1) is 6.36. The summed E-state index contributed by atoms with van der Waals surface area (Å²) in [5.74, 6) is 0. The maximum absolute atomic E-state index is 5.79. The standard InChI is InChI=1S/C12H14O/c1-10-6-5-9-12(13-10)11-7-3-2-4-8-11/h2-5,7-10,12H,6H2,1H3. The first kappa shape index (κ1) is 8.52. The van der Waals surface area contributed by atoms with Crippen molar-refractivity contribution in [2.75, 3.05) is 0 Å². The van der Waals surface area contributed by atoms with Gasteiger partial charge in [-0.25, -0.2) is 0 Å². The fourth-order valence-electron chi connectivity index (χ4n) is 1.58. The molecule has 1 aromatic carbocycles. The molecule has 2 unspecified atom stereocenters. The van der Waals surface area contributed by atoms with Gasteiger partial charge < -0.3 is 4.74 Å². The summed E-state index contributed by atoms with van der Waals surface area (Å²) in [7, 11) is 0. The summed E-state index contributed by atoms with van der Waals surface area (Å²) in [4.78, 5) is 0. The monoisotopic (exact) mass is 174 g/mol. The Hall–Kier alpha value is -1.08. The normalized spacial score (nSPS) is 27.5. The molecule has 1 aliphatic heterocycles. The zero-order valence-electron chi connectivity index (χ0n) is 7.81. The van der Waals surface area contributed by atoms with Gasteiger partial charge in [0.05, 0.1) is 6.10 Å². The van der Waals surface area contributed by atoms with Gasteiger partial charge in [0.25, 0.3) is 0 Å². The van der Waals surface area contributed by atoms with Crippen LogP contribution in [-0.2, 0) is 4.74 Å². The average molecular weight is 174 g/mol. The van der Waals surface area contributed by atoms with Crippen molar-refractivity contribution in [3.63, 3.8) is 0 Å². The molecule has 2 atom stereocenters. The van der Waals surface area contributed by atoms with Gasteiger partial charge in [-0.2, -0.15) is 0 Å². The van der Waals surface area contributed by atoms with Crippen LogP contribution in [0.3, 0.4) is 0 Å². The average Bonchev–Trinajstić information content (AvgIpc) is 2.19. The molecule has 0 N–H and O–H groups in total. The Balaban J connectivity index is 2.18. The number of hydrogen-bond acceptors (Lipinski definition) is 1. The van der Waals surface area contributed by atoms with E-state index in [1.165, 1.54) is 5.56 Å². The van der Waals surface area contributed by atoms with E-state index in [1.807, 2.05) is 18.2 Å². The lowest BCUT2D eigenvalue weighted by molar-refractivity contribution is 0.0165. The van der Waals surface area contributed by atoms with Crippen molar-refractivity contribution < 1.29 is 4.74 Å². The summed E-state index contributed by atoms with van der Waals surface area (Å²) >= 11 is 0. The molecule has 0 aromatic heterocycles. The number of ether oxygens (including phenoxy) is 1. The van der Waals surface area contributed by atoms with E-state index in [0.717, 1.165) is 6.42 Å². The van der Waals surface area contributed by atoms with Gasteiger partial charge in [0.1, 0.15) is 6.10 Å². The first-order valence-electron chi connectivity index (χ1n) is 4.73. The highest BCUT2D eigenvalue weighted by molar-refractivity contribution is 5.22.